The van der Waals surface area contributed by atoms with Gasteiger partial charge in [0.2, 0.25) is 0 Å². The number of aliphatic imine (C=N–C) groups is 1. The highest BCUT2D eigenvalue weighted by molar-refractivity contribution is 14.1. The molecule has 0 spiro atoms. The molecule has 0 saturated heterocycles. The van der Waals surface area contributed by atoms with Crippen molar-refractivity contribution in [1.29, 1.82) is 0 Å². The second-order valence-electron chi connectivity index (χ2n) is 5.19. The first kappa shape index (κ1) is 15.7. The Hall–Kier alpha value is -2.15. The van der Waals surface area contributed by atoms with Crippen LogP contribution in [-0.2, 0) is 7.05 Å². The Kier molecular flexibility index (Phi) is 4.47. The van der Waals surface area contributed by atoms with Gasteiger partial charge in [-0.15, -0.1) is 0 Å². The van der Waals surface area contributed by atoms with E-state index in [9.17, 15) is 4.79 Å². The SMILES string of the molecule is Cc1c(N=Cc2ccccc2I)c(=O)n(-c2ccccc2)n1C. The molecule has 0 atom stereocenters. The zero-order valence-electron chi connectivity index (χ0n) is 12.9. The lowest BCUT2D eigenvalue weighted by molar-refractivity contribution is 0.630. The number of aromatic nitrogens is 2. The van der Waals surface area contributed by atoms with E-state index in [1.165, 1.54) is 0 Å². The van der Waals surface area contributed by atoms with E-state index in [1.54, 1.807) is 10.9 Å². The van der Waals surface area contributed by atoms with Crippen LogP contribution < -0.4 is 5.56 Å². The molecule has 0 amide bonds. The number of para-hydroxylation sites is 1. The summed E-state index contributed by atoms with van der Waals surface area (Å²) in [6.45, 7) is 1.91. The predicted octanol–water partition coefficient (Wildman–Crippen LogP) is 3.84. The first-order valence-electron chi connectivity index (χ1n) is 7.22. The molecule has 0 aliphatic carbocycles. The minimum absolute atomic E-state index is 0.113. The topological polar surface area (TPSA) is 39.3 Å². The second-order valence-corrected chi connectivity index (χ2v) is 6.35. The minimum atomic E-state index is -0.113. The van der Waals surface area contributed by atoms with Gasteiger partial charge in [0.1, 0.15) is 0 Å². The lowest BCUT2D eigenvalue weighted by Crippen LogP contribution is -2.19. The van der Waals surface area contributed by atoms with E-state index in [-0.39, 0.29) is 5.56 Å². The minimum Gasteiger partial charge on any atom is -0.283 e. The first-order valence-corrected chi connectivity index (χ1v) is 8.30. The maximum Gasteiger partial charge on any atom is 0.297 e. The zero-order valence-corrected chi connectivity index (χ0v) is 15.1. The molecule has 5 heteroatoms. The van der Waals surface area contributed by atoms with Gasteiger partial charge in [0.05, 0.1) is 11.4 Å². The summed E-state index contributed by atoms with van der Waals surface area (Å²) >= 11 is 2.26. The molecule has 23 heavy (non-hydrogen) atoms. The van der Waals surface area contributed by atoms with Crippen molar-refractivity contribution in [2.24, 2.45) is 12.0 Å². The molecule has 1 heterocycles. The lowest BCUT2D eigenvalue weighted by atomic mass is 10.2. The Balaban J connectivity index is 2.09. The quantitative estimate of drug-likeness (QED) is 0.472. The fourth-order valence-electron chi connectivity index (χ4n) is 2.42. The molecule has 0 N–H and O–H groups in total. The van der Waals surface area contributed by atoms with Crippen LogP contribution >= 0.6 is 22.6 Å². The van der Waals surface area contributed by atoms with Crippen LogP contribution in [-0.4, -0.2) is 15.6 Å². The summed E-state index contributed by atoms with van der Waals surface area (Å²) in [6, 6.07) is 17.5. The number of nitrogens with zero attached hydrogens (tertiary/aromatic N) is 3. The number of hydrogen-bond donors (Lipinski definition) is 0. The second kappa shape index (κ2) is 6.54. The third kappa shape index (κ3) is 3.01. The van der Waals surface area contributed by atoms with Crippen molar-refractivity contribution in [3.63, 3.8) is 0 Å². The number of hydrogen-bond acceptors (Lipinski definition) is 2. The maximum absolute atomic E-state index is 12.7. The molecule has 0 aliphatic heterocycles. The van der Waals surface area contributed by atoms with Gasteiger partial charge in [-0.1, -0.05) is 36.4 Å². The van der Waals surface area contributed by atoms with Gasteiger partial charge in [0, 0.05) is 22.4 Å². The Morgan fingerprint density at radius 1 is 1.04 bits per heavy atom. The highest BCUT2D eigenvalue weighted by atomic mass is 127. The van der Waals surface area contributed by atoms with Gasteiger partial charge < -0.3 is 0 Å². The number of halogens is 1. The molecule has 0 bridgehead atoms. The van der Waals surface area contributed by atoms with Crippen LogP contribution in [0, 0.1) is 10.5 Å². The van der Waals surface area contributed by atoms with E-state index in [1.807, 2.05) is 73.3 Å². The normalized spacial score (nSPS) is 11.3. The summed E-state index contributed by atoms with van der Waals surface area (Å²) in [6.07, 6.45) is 1.75. The molecule has 0 radical (unpaired) electrons. The smallest absolute Gasteiger partial charge is 0.283 e. The molecule has 3 aromatic rings. The average molecular weight is 417 g/mol. The molecule has 116 valence electrons. The molecule has 4 nitrogen and oxygen atoms in total. The van der Waals surface area contributed by atoms with Crippen molar-refractivity contribution in [2.75, 3.05) is 0 Å². The van der Waals surface area contributed by atoms with Gasteiger partial charge in [-0.05, 0) is 47.7 Å². The van der Waals surface area contributed by atoms with Gasteiger partial charge >= 0.3 is 0 Å². The molecule has 3 rings (SSSR count). The summed E-state index contributed by atoms with van der Waals surface area (Å²) < 4.78 is 4.57. The predicted molar refractivity (Wildman–Crippen MR) is 102 cm³/mol. The molecular formula is C18H16IN3O. The van der Waals surface area contributed by atoms with E-state index >= 15 is 0 Å². The van der Waals surface area contributed by atoms with E-state index in [0.717, 1.165) is 20.5 Å². The van der Waals surface area contributed by atoms with Gasteiger partial charge in [-0.2, -0.15) is 0 Å². The largest absolute Gasteiger partial charge is 0.297 e. The van der Waals surface area contributed by atoms with Crippen LogP contribution in [0.15, 0.2) is 64.4 Å². The van der Waals surface area contributed by atoms with Crippen molar-refractivity contribution in [3.05, 3.63) is 79.8 Å². The van der Waals surface area contributed by atoms with Crippen LogP contribution in [0.25, 0.3) is 5.69 Å². The average Bonchev–Trinajstić information content (AvgIpc) is 2.78. The molecule has 1 aromatic heterocycles. The monoisotopic (exact) mass is 417 g/mol. The highest BCUT2D eigenvalue weighted by Crippen LogP contribution is 2.17. The Labute approximate surface area is 148 Å². The molecule has 0 unspecified atom stereocenters. The van der Waals surface area contributed by atoms with Crippen LogP contribution in [0.5, 0.6) is 0 Å². The van der Waals surface area contributed by atoms with Gasteiger partial charge in [-0.3, -0.25) is 9.48 Å². The van der Waals surface area contributed by atoms with Gasteiger partial charge in [0.25, 0.3) is 5.56 Å². The Morgan fingerprint density at radius 2 is 1.70 bits per heavy atom. The summed E-state index contributed by atoms with van der Waals surface area (Å²) in [5.74, 6) is 0. The molecule has 2 aromatic carbocycles. The standard InChI is InChI=1S/C18H16IN3O/c1-13-17(20-12-14-8-6-7-11-16(14)19)18(23)22(21(13)2)15-9-4-3-5-10-15/h3-12H,1-2H3. The van der Waals surface area contributed by atoms with Crippen molar-refractivity contribution in [1.82, 2.24) is 9.36 Å². The highest BCUT2D eigenvalue weighted by Gasteiger charge is 2.14. The fourth-order valence-corrected chi connectivity index (χ4v) is 2.94. The van der Waals surface area contributed by atoms with Crippen molar-refractivity contribution < 1.29 is 0 Å². The van der Waals surface area contributed by atoms with Crippen molar-refractivity contribution in [3.8, 4) is 5.69 Å². The zero-order chi connectivity index (χ0) is 16.4. The number of rotatable bonds is 3. The Bertz CT molecular complexity index is 923. The van der Waals surface area contributed by atoms with Gasteiger partial charge in [-0.25, -0.2) is 9.67 Å². The van der Waals surface area contributed by atoms with Crippen LogP contribution in [0.1, 0.15) is 11.3 Å². The third-order valence-electron chi connectivity index (χ3n) is 3.76. The molecule has 0 aliphatic rings. The van der Waals surface area contributed by atoms with E-state index in [0.29, 0.717) is 5.69 Å². The lowest BCUT2D eigenvalue weighted by Gasteiger charge is -2.07. The van der Waals surface area contributed by atoms with E-state index in [4.69, 9.17) is 0 Å². The van der Waals surface area contributed by atoms with Crippen molar-refractivity contribution >= 4 is 34.5 Å². The first-order chi connectivity index (χ1) is 11.1. The summed E-state index contributed by atoms with van der Waals surface area (Å²) in [4.78, 5) is 17.2. The van der Waals surface area contributed by atoms with Crippen LogP contribution in [0.2, 0.25) is 0 Å². The summed E-state index contributed by atoms with van der Waals surface area (Å²) in [5.41, 5.74) is 3.02. The van der Waals surface area contributed by atoms with Gasteiger partial charge in [0.15, 0.2) is 5.69 Å². The molecule has 0 saturated carbocycles. The molecule has 0 fully saturated rings. The van der Waals surface area contributed by atoms with E-state index in [2.05, 4.69) is 27.6 Å². The molecular weight excluding hydrogens is 401 g/mol. The Morgan fingerprint density at radius 3 is 2.39 bits per heavy atom. The van der Waals surface area contributed by atoms with E-state index < -0.39 is 0 Å². The third-order valence-corrected chi connectivity index (χ3v) is 4.74. The fraction of sp³-hybridized carbons (Fsp3) is 0.111. The summed E-state index contributed by atoms with van der Waals surface area (Å²) in [5, 5.41) is 0. The van der Waals surface area contributed by atoms with Crippen LogP contribution in [0.4, 0.5) is 5.69 Å². The summed E-state index contributed by atoms with van der Waals surface area (Å²) in [7, 11) is 1.87. The number of benzene rings is 2. The van der Waals surface area contributed by atoms with Crippen molar-refractivity contribution in [2.45, 2.75) is 6.92 Å². The maximum atomic E-state index is 12.7. The van der Waals surface area contributed by atoms with Crippen LogP contribution in [0.3, 0.4) is 0 Å².